The van der Waals surface area contributed by atoms with Gasteiger partial charge in [-0.05, 0) is 55.5 Å². The van der Waals surface area contributed by atoms with Gasteiger partial charge < -0.3 is 20.9 Å². The van der Waals surface area contributed by atoms with E-state index in [1.165, 1.54) is 18.5 Å². The Kier molecular flexibility index (Phi) is 8.36. The van der Waals surface area contributed by atoms with E-state index in [1.807, 2.05) is 32.1 Å². The summed E-state index contributed by atoms with van der Waals surface area (Å²) in [6, 6.07) is 10.1. The van der Waals surface area contributed by atoms with Gasteiger partial charge >= 0.3 is 0 Å². The Balaban J connectivity index is 1.26. The smallest absolute Gasteiger partial charge is 0.229 e. The van der Waals surface area contributed by atoms with Crippen molar-refractivity contribution in [3.63, 3.8) is 0 Å². The van der Waals surface area contributed by atoms with E-state index >= 15 is 0 Å². The minimum Gasteiger partial charge on any atom is -0.355 e. The monoisotopic (exact) mass is 474 g/mol. The van der Waals surface area contributed by atoms with Gasteiger partial charge in [-0.15, -0.1) is 0 Å². The number of nitrogens with one attached hydrogen (secondary N) is 4. The van der Waals surface area contributed by atoms with Crippen molar-refractivity contribution in [2.75, 3.05) is 36.8 Å². The molecule has 2 heterocycles. The molecule has 4 N–H and O–H groups in total. The highest BCUT2D eigenvalue weighted by molar-refractivity contribution is 6.35. The first-order valence-electron chi connectivity index (χ1n) is 12.5. The number of benzene rings is 1. The number of hydrogen-bond donors (Lipinski definition) is 4. The van der Waals surface area contributed by atoms with Gasteiger partial charge in [0.2, 0.25) is 11.9 Å². The molecule has 1 aliphatic rings. The second-order valence-electron chi connectivity index (χ2n) is 9.03. The lowest BCUT2D eigenvalue weighted by Crippen LogP contribution is -2.34. The standard InChI is InChI=1S/C25H35BN8O/c1-3-34(4-2)14-13-27-23(35)12-7-17-5-10-19(11-6-17)29-25-28-16-20(26)24(31-25)30-22-15-21(32-33-22)18-8-9-18/h5-6,10-11,15-16,18H,3-4,7-9,12-14,26H2,1-2H3,(H,27,35)(H3,28,29,30,31,32,33). The summed E-state index contributed by atoms with van der Waals surface area (Å²) in [4.78, 5) is 23.5. The van der Waals surface area contributed by atoms with Crippen molar-refractivity contribution in [1.29, 1.82) is 0 Å². The molecule has 2 aromatic heterocycles. The molecule has 1 fully saturated rings. The third-order valence-corrected chi connectivity index (χ3v) is 6.33. The predicted octanol–water partition coefficient (Wildman–Crippen LogP) is 2.21. The van der Waals surface area contributed by atoms with Crippen molar-refractivity contribution >= 4 is 42.5 Å². The van der Waals surface area contributed by atoms with Crippen molar-refractivity contribution in [3.05, 3.63) is 47.8 Å². The average Bonchev–Trinajstić information content (AvgIpc) is 3.62. The highest BCUT2D eigenvalue weighted by atomic mass is 16.1. The van der Waals surface area contributed by atoms with E-state index in [1.54, 1.807) is 6.20 Å². The largest absolute Gasteiger partial charge is 0.355 e. The lowest BCUT2D eigenvalue weighted by Gasteiger charge is -2.17. The van der Waals surface area contributed by atoms with E-state index in [0.717, 1.165) is 48.0 Å². The maximum atomic E-state index is 12.1. The Morgan fingerprint density at radius 1 is 1.17 bits per heavy atom. The van der Waals surface area contributed by atoms with Gasteiger partial charge in [0, 0.05) is 49.1 Å². The van der Waals surface area contributed by atoms with E-state index in [4.69, 9.17) is 0 Å². The van der Waals surface area contributed by atoms with Crippen LogP contribution in [0.25, 0.3) is 0 Å². The molecule has 0 unspecified atom stereocenters. The van der Waals surface area contributed by atoms with Crippen molar-refractivity contribution in [2.24, 2.45) is 0 Å². The molecule has 0 saturated heterocycles. The van der Waals surface area contributed by atoms with Crippen LogP contribution < -0.4 is 21.4 Å². The number of anilines is 4. The number of nitrogens with zero attached hydrogens (tertiary/aromatic N) is 4. The summed E-state index contributed by atoms with van der Waals surface area (Å²) in [5.74, 6) is 2.71. The third-order valence-electron chi connectivity index (χ3n) is 6.33. The molecule has 0 radical (unpaired) electrons. The first-order valence-corrected chi connectivity index (χ1v) is 12.5. The minimum atomic E-state index is 0.0913. The number of hydrogen-bond acceptors (Lipinski definition) is 7. The summed E-state index contributed by atoms with van der Waals surface area (Å²) in [5.41, 5.74) is 4.13. The van der Waals surface area contributed by atoms with Gasteiger partial charge in [-0.2, -0.15) is 10.1 Å². The highest BCUT2D eigenvalue weighted by Crippen LogP contribution is 2.39. The van der Waals surface area contributed by atoms with Gasteiger partial charge in [0.15, 0.2) is 5.82 Å². The second kappa shape index (κ2) is 11.8. The van der Waals surface area contributed by atoms with Crippen LogP contribution in [0.1, 0.15) is 50.3 Å². The Labute approximate surface area is 207 Å². The highest BCUT2D eigenvalue weighted by Gasteiger charge is 2.25. The Morgan fingerprint density at radius 2 is 1.94 bits per heavy atom. The number of aromatic nitrogens is 4. The van der Waals surface area contributed by atoms with Gasteiger partial charge in [0.05, 0.1) is 0 Å². The molecule has 184 valence electrons. The SMILES string of the molecule is Bc1cnc(Nc2ccc(CCC(=O)NCCN(CC)CC)cc2)nc1Nc1cc(C2CC2)[nH]n1. The maximum absolute atomic E-state index is 12.1. The summed E-state index contributed by atoms with van der Waals surface area (Å²) in [7, 11) is 1.97. The molecule has 1 amide bonds. The van der Waals surface area contributed by atoms with Gasteiger partial charge in [0.25, 0.3) is 0 Å². The molecule has 1 aromatic carbocycles. The number of rotatable bonds is 13. The van der Waals surface area contributed by atoms with Crippen LogP contribution in [0.5, 0.6) is 0 Å². The Morgan fingerprint density at radius 3 is 2.66 bits per heavy atom. The van der Waals surface area contributed by atoms with Gasteiger partial charge in [-0.3, -0.25) is 9.89 Å². The van der Waals surface area contributed by atoms with Crippen molar-refractivity contribution in [1.82, 2.24) is 30.4 Å². The van der Waals surface area contributed by atoms with Crippen LogP contribution in [0.4, 0.5) is 23.3 Å². The zero-order valence-corrected chi connectivity index (χ0v) is 20.9. The molecule has 1 saturated carbocycles. The van der Waals surface area contributed by atoms with Crippen LogP contribution in [0, 0.1) is 0 Å². The zero-order valence-electron chi connectivity index (χ0n) is 20.9. The van der Waals surface area contributed by atoms with E-state index < -0.39 is 0 Å². The topological polar surface area (TPSA) is 111 Å². The number of H-pyrrole nitrogens is 1. The molecule has 0 aliphatic heterocycles. The first kappa shape index (κ1) is 24.7. The zero-order chi connectivity index (χ0) is 24.6. The quantitative estimate of drug-likeness (QED) is 0.281. The maximum Gasteiger partial charge on any atom is 0.229 e. The molecule has 35 heavy (non-hydrogen) atoms. The van der Waals surface area contributed by atoms with Crippen molar-refractivity contribution in [3.8, 4) is 0 Å². The van der Waals surface area contributed by atoms with Crippen LogP contribution in [0.15, 0.2) is 36.5 Å². The van der Waals surface area contributed by atoms with Crippen LogP contribution in [0.2, 0.25) is 0 Å². The van der Waals surface area contributed by atoms with Crippen LogP contribution >= 0.6 is 0 Å². The Hall–Kier alpha value is -3.40. The molecular formula is C25H35BN8O. The molecule has 0 atom stereocenters. The fourth-order valence-electron chi connectivity index (χ4n) is 3.88. The average molecular weight is 474 g/mol. The number of aromatic amines is 1. The van der Waals surface area contributed by atoms with E-state index in [2.05, 4.69) is 60.9 Å². The number of amides is 1. The summed E-state index contributed by atoms with van der Waals surface area (Å²) in [5, 5.41) is 17.0. The molecule has 0 bridgehead atoms. The molecule has 4 rings (SSSR count). The predicted molar refractivity (Wildman–Crippen MR) is 143 cm³/mol. The molecule has 10 heteroatoms. The van der Waals surface area contributed by atoms with E-state index in [-0.39, 0.29) is 5.91 Å². The van der Waals surface area contributed by atoms with E-state index in [0.29, 0.717) is 31.3 Å². The first-order chi connectivity index (χ1) is 17.0. The van der Waals surface area contributed by atoms with Gasteiger partial charge in [-0.25, -0.2) is 4.98 Å². The van der Waals surface area contributed by atoms with Crippen LogP contribution in [-0.2, 0) is 11.2 Å². The normalized spacial score (nSPS) is 13.1. The van der Waals surface area contributed by atoms with Crippen molar-refractivity contribution < 1.29 is 4.79 Å². The van der Waals surface area contributed by atoms with Crippen molar-refractivity contribution in [2.45, 2.75) is 45.4 Å². The summed E-state index contributed by atoms with van der Waals surface area (Å²) >= 11 is 0. The molecule has 3 aromatic rings. The fourth-order valence-corrected chi connectivity index (χ4v) is 3.88. The lowest BCUT2D eigenvalue weighted by atomic mass is 9.99. The number of carbonyl (C=O) groups is 1. The number of likely N-dealkylation sites (N-methyl/N-ethyl adjacent to an activating group) is 1. The number of carbonyl (C=O) groups excluding carboxylic acids is 1. The van der Waals surface area contributed by atoms with Crippen LogP contribution in [0.3, 0.4) is 0 Å². The third kappa shape index (κ3) is 7.29. The van der Waals surface area contributed by atoms with Crippen LogP contribution in [-0.4, -0.2) is 65.0 Å². The fraction of sp³-hybridized carbons (Fsp3) is 0.440. The summed E-state index contributed by atoms with van der Waals surface area (Å²) in [6.45, 7) is 7.86. The second-order valence-corrected chi connectivity index (χ2v) is 9.03. The molecule has 1 aliphatic carbocycles. The molecule has 0 spiro atoms. The minimum absolute atomic E-state index is 0.0913. The lowest BCUT2D eigenvalue weighted by molar-refractivity contribution is -0.121. The van der Waals surface area contributed by atoms with Gasteiger partial charge in [0.1, 0.15) is 13.7 Å². The summed E-state index contributed by atoms with van der Waals surface area (Å²) in [6.07, 6.45) is 5.44. The Bertz CT molecular complexity index is 1110. The molecule has 9 nitrogen and oxygen atoms in total. The summed E-state index contributed by atoms with van der Waals surface area (Å²) < 4.78 is 0. The molecular weight excluding hydrogens is 439 g/mol. The number of aryl methyl sites for hydroxylation is 1. The van der Waals surface area contributed by atoms with Gasteiger partial charge in [-0.1, -0.05) is 26.0 Å². The van der Waals surface area contributed by atoms with E-state index in [9.17, 15) is 4.79 Å².